The summed E-state index contributed by atoms with van der Waals surface area (Å²) < 4.78 is 55.7. The number of carbonyl (C=O) groups excluding carboxylic acids is 2. The van der Waals surface area contributed by atoms with Crippen molar-refractivity contribution in [3.05, 3.63) is 35.4 Å². The third-order valence-electron chi connectivity index (χ3n) is 7.04. The third kappa shape index (κ3) is 5.17. The molecule has 3 saturated heterocycles. The number of nitriles is 1. The number of benzene rings is 1. The van der Waals surface area contributed by atoms with Crippen molar-refractivity contribution in [2.45, 2.75) is 44.7 Å². The van der Waals surface area contributed by atoms with Gasteiger partial charge >= 0.3 is 0 Å². The lowest BCUT2D eigenvalue weighted by Gasteiger charge is -2.41. The van der Waals surface area contributed by atoms with Crippen LogP contribution in [0.25, 0.3) is 0 Å². The van der Waals surface area contributed by atoms with Crippen molar-refractivity contribution in [2.75, 3.05) is 32.7 Å². The van der Waals surface area contributed by atoms with E-state index in [0.717, 1.165) is 12.1 Å². The highest BCUT2D eigenvalue weighted by Gasteiger charge is 2.44. The fourth-order valence-corrected chi connectivity index (χ4v) is 6.79. The predicted octanol–water partition coefficient (Wildman–Crippen LogP) is 1.55. The quantitative estimate of drug-likeness (QED) is 0.625. The Morgan fingerprint density at radius 3 is 2.51 bits per heavy atom. The number of halogens is 2. The summed E-state index contributed by atoms with van der Waals surface area (Å²) in [6, 6.07) is 3.76. The van der Waals surface area contributed by atoms with Gasteiger partial charge in [0.05, 0.1) is 23.9 Å². The molecule has 1 aromatic carbocycles. The van der Waals surface area contributed by atoms with E-state index in [0.29, 0.717) is 38.8 Å². The van der Waals surface area contributed by atoms with E-state index < -0.39 is 45.8 Å². The Morgan fingerprint density at radius 2 is 1.83 bits per heavy atom. The van der Waals surface area contributed by atoms with Crippen LogP contribution in [0.15, 0.2) is 18.2 Å². The smallest absolute Gasteiger partial charge is 0.282 e. The van der Waals surface area contributed by atoms with Gasteiger partial charge in [-0.25, -0.2) is 8.78 Å². The van der Waals surface area contributed by atoms with Crippen LogP contribution in [-0.4, -0.2) is 72.5 Å². The van der Waals surface area contributed by atoms with E-state index in [9.17, 15) is 26.8 Å². The lowest BCUT2D eigenvalue weighted by molar-refractivity contribution is -0.142. The maximum absolute atomic E-state index is 14.1. The highest BCUT2D eigenvalue weighted by atomic mass is 32.2. The molecule has 1 aromatic rings. The monoisotopic (exact) mass is 509 g/mol. The summed E-state index contributed by atoms with van der Waals surface area (Å²) in [5.41, 5.74) is 0.147. The fourth-order valence-electron chi connectivity index (χ4n) is 5.00. The number of likely N-dealkylation sites (tertiary alicyclic amines) is 1. The molecule has 1 N–H and O–H groups in total. The second-order valence-electron chi connectivity index (χ2n) is 9.43. The van der Waals surface area contributed by atoms with Crippen LogP contribution >= 0.6 is 0 Å². The topological polar surface area (TPSA) is 114 Å². The van der Waals surface area contributed by atoms with Crippen molar-refractivity contribution >= 4 is 22.0 Å². The summed E-state index contributed by atoms with van der Waals surface area (Å²) in [4.78, 5) is 27.8. The lowest BCUT2D eigenvalue weighted by atomic mass is 9.97. The molecule has 0 spiro atoms. The van der Waals surface area contributed by atoms with Crippen molar-refractivity contribution in [1.29, 1.82) is 5.26 Å². The SMILES string of the molecule is C[C@@H](NC(=O)[C@H]1CCCN1C(=O)[C@H]1CCCN(S(=O)(=O)N2CC(C#N)C2)C1)c1ccc(F)cc1F. The van der Waals surface area contributed by atoms with Crippen molar-refractivity contribution in [3.8, 4) is 6.07 Å². The van der Waals surface area contributed by atoms with Crippen molar-refractivity contribution in [2.24, 2.45) is 11.8 Å². The first-order valence-electron chi connectivity index (χ1n) is 11.8. The number of piperidine rings is 1. The zero-order valence-electron chi connectivity index (χ0n) is 19.5. The van der Waals surface area contributed by atoms with Gasteiger partial charge in [-0.2, -0.15) is 22.3 Å². The van der Waals surface area contributed by atoms with E-state index in [1.165, 1.54) is 19.6 Å². The van der Waals surface area contributed by atoms with Crippen molar-refractivity contribution < 1.29 is 26.8 Å². The summed E-state index contributed by atoms with van der Waals surface area (Å²) in [5, 5.41) is 11.7. The fraction of sp³-hybridized carbons (Fsp3) is 0.609. The molecular formula is C23H29F2N5O4S. The van der Waals surface area contributed by atoms with Crippen molar-refractivity contribution in [1.82, 2.24) is 18.8 Å². The van der Waals surface area contributed by atoms with Gasteiger partial charge in [0, 0.05) is 44.4 Å². The van der Waals surface area contributed by atoms with Crippen molar-refractivity contribution in [3.63, 3.8) is 0 Å². The first-order valence-corrected chi connectivity index (χ1v) is 13.2. The van der Waals surface area contributed by atoms with E-state index in [4.69, 9.17) is 5.26 Å². The van der Waals surface area contributed by atoms with Gasteiger partial charge in [-0.3, -0.25) is 9.59 Å². The molecule has 4 rings (SSSR count). The van der Waals surface area contributed by atoms with Gasteiger partial charge in [0.1, 0.15) is 17.7 Å². The average molecular weight is 510 g/mol. The summed E-state index contributed by atoms with van der Waals surface area (Å²) in [7, 11) is -3.74. The van der Waals surface area contributed by atoms with Crippen LogP contribution in [0, 0.1) is 34.8 Å². The van der Waals surface area contributed by atoms with Gasteiger partial charge < -0.3 is 10.2 Å². The molecule has 12 heteroatoms. The first-order chi connectivity index (χ1) is 16.6. The number of nitrogens with one attached hydrogen (secondary N) is 1. The Morgan fingerprint density at radius 1 is 1.11 bits per heavy atom. The minimum atomic E-state index is -3.74. The minimum Gasteiger partial charge on any atom is -0.348 e. The number of rotatable bonds is 6. The van der Waals surface area contributed by atoms with Gasteiger partial charge in [-0.1, -0.05) is 6.07 Å². The van der Waals surface area contributed by atoms with E-state index in [1.54, 1.807) is 6.92 Å². The number of amides is 2. The van der Waals surface area contributed by atoms with Gasteiger partial charge in [-0.05, 0) is 38.7 Å². The van der Waals surface area contributed by atoms with Gasteiger partial charge in [0.25, 0.3) is 10.2 Å². The Labute approximate surface area is 203 Å². The third-order valence-corrected chi connectivity index (χ3v) is 8.98. The van der Waals surface area contributed by atoms with E-state index >= 15 is 0 Å². The normalized spacial score (nSPS) is 25.0. The molecule has 3 atom stereocenters. The Balaban J connectivity index is 1.39. The van der Waals surface area contributed by atoms with E-state index in [-0.39, 0.29) is 37.0 Å². The number of carbonyl (C=O) groups is 2. The molecule has 190 valence electrons. The minimum absolute atomic E-state index is 0.0386. The Hall–Kier alpha value is -2.62. The molecule has 0 aromatic heterocycles. The van der Waals surface area contributed by atoms with Crippen LogP contribution in [0.3, 0.4) is 0 Å². The van der Waals surface area contributed by atoms with Crippen LogP contribution < -0.4 is 5.32 Å². The van der Waals surface area contributed by atoms with E-state index in [2.05, 4.69) is 11.4 Å². The van der Waals surface area contributed by atoms with Crippen LogP contribution in [-0.2, 0) is 19.8 Å². The molecule has 0 unspecified atom stereocenters. The summed E-state index contributed by atoms with van der Waals surface area (Å²) >= 11 is 0. The molecule has 3 heterocycles. The van der Waals surface area contributed by atoms with Gasteiger partial charge in [0.15, 0.2) is 0 Å². The molecule has 0 radical (unpaired) electrons. The first kappa shape index (κ1) is 25.5. The van der Waals surface area contributed by atoms with Crippen LogP contribution in [0.4, 0.5) is 8.78 Å². The molecule has 3 aliphatic rings. The maximum Gasteiger partial charge on any atom is 0.282 e. The largest absolute Gasteiger partial charge is 0.348 e. The van der Waals surface area contributed by atoms with Gasteiger partial charge in [0.2, 0.25) is 11.8 Å². The Bertz CT molecular complexity index is 1140. The lowest BCUT2D eigenvalue weighted by Crippen LogP contribution is -2.57. The predicted molar refractivity (Wildman–Crippen MR) is 122 cm³/mol. The van der Waals surface area contributed by atoms with Crippen LogP contribution in [0.5, 0.6) is 0 Å². The standard InChI is InChI=1S/C23H29F2N5O4S/c1-15(19-7-6-18(24)10-20(19)25)27-22(31)21-5-3-9-30(21)23(32)17-4-2-8-28(14-17)35(33,34)29-12-16(11-26)13-29/h6-7,10,15-17,21H,2-5,8-9,12-14H2,1H3,(H,27,31)/t15-,17+,21-/m1/s1. The number of hydrogen-bond donors (Lipinski definition) is 1. The molecule has 2 amide bonds. The molecular weight excluding hydrogens is 480 g/mol. The molecule has 0 saturated carbocycles. The molecule has 9 nitrogen and oxygen atoms in total. The zero-order valence-corrected chi connectivity index (χ0v) is 20.3. The molecule has 0 aliphatic carbocycles. The molecule has 3 fully saturated rings. The highest BCUT2D eigenvalue weighted by Crippen LogP contribution is 2.29. The van der Waals surface area contributed by atoms with Gasteiger partial charge in [-0.15, -0.1) is 0 Å². The average Bonchev–Trinajstić information content (AvgIpc) is 3.28. The van der Waals surface area contributed by atoms with E-state index in [1.807, 2.05) is 0 Å². The number of hydrogen-bond acceptors (Lipinski definition) is 5. The number of nitrogens with zero attached hydrogens (tertiary/aromatic N) is 4. The summed E-state index contributed by atoms with van der Waals surface area (Å²) in [6.45, 7) is 2.65. The highest BCUT2D eigenvalue weighted by molar-refractivity contribution is 7.86. The second kappa shape index (κ2) is 10.2. The molecule has 3 aliphatic heterocycles. The molecule has 0 bridgehead atoms. The van der Waals surface area contributed by atoms with Crippen LogP contribution in [0.1, 0.15) is 44.2 Å². The summed E-state index contributed by atoms with van der Waals surface area (Å²) in [6.07, 6.45) is 2.12. The molecule has 35 heavy (non-hydrogen) atoms. The maximum atomic E-state index is 14.1. The van der Waals surface area contributed by atoms with Crippen LogP contribution in [0.2, 0.25) is 0 Å². The Kier molecular flexibility index (Phi) is 7.40. The zero-order chi connectivity index (χ0) is 25.3. The second-order valence-corrected chi connectivity index (χ2v) is 11.4. The summed E-state index contributed by atoms with van der Waals surface area (Å²) in [5.74, 6) is -3.02.